The first-order valence-corrected chi connectivity index (χ1v) is 6.34. The number of aromatic nitrogens is 2. The Morgan fingerprint density at radius 2 is 1.79 bits per heavy atom. The van der Waals surface area contributed by atoms with Crippen molar-refractivity contribution in [1.82, 2.24) is 9.78 Å². The predicted octanol–water partition coefficient (Wildman–Crippen LogP) is 1.76. The molecule has 1 aliphatic rings. The molecule has 3 rings (SSSR count). The van der Waals surface area contributed by atoms with Crippen molar-refractivity contribution in [1.29, 1.82) is 0 Å². The van der Waals surface area contributed by atoms with Gasteiger partial charge in [0.2, 0.25) is 5.88 Å². The predicted molar refractivity (Wildman–Crippen MR) is 71.5 cm³/mol. The lowest BCUT2D eigenvalue weighted by Crippen LogP contribution is -2.41. The average molecular weight is 260 g/mol. The molecule has 1 aliphatic heterocycles. The minimum atomic E-state index is -0.443. The third-order valence-corrected chi connectivity index (χ3v) is 3.84. The van der Waals surface area contributed by atoms with Crippen molar-refractivity contribution in [2.24, 2.45) is 0 Å². The van der Waals surface area contributed by atoms with Crippen molar-refractivity contribution < 1.29 is 13.7 Å². The summed E-state index contributed by atoms with van der Waals surface area (Å²) in [6.45, 7) is 8.10. The topological polar surface area (TPSA) is 49.4 Å². The molecule has 5 nitrogen and oxygen atoms in total. The number of rotatable bonds is 2. The molecule has 19 heavy (non-hydrogen) atoms. The third-order valence-electron chi connectivity index (χ3n) is 3.84. The lowest BCUT2D eigenvalue weighted by molar-refractivity contribution is 0.00578. The molecule has 2 aromatic rings. The third kappa shape index (κ3) is 2.01. The first-order valence-electron chi connectivity index (χ1n) is 6.34. The molecular formula is C13H17BN2O3. The Hall–Kier alpha value is -1.53. The van der Waals surface area contributed by atoms with Gasteiger partial charge in [-0.2, -0.15) is 5.10 Å². The van der Waals surface area contributed by atoms with Crippen LogP contribution in [0.15, 0.2) is 35.1 Å². The van der Waals surface area contributed by atoms with E-state index in [0.717, 1.165) is 5.59 Å². The van der Waals surface area contributed by atoms with E-state index in [-0.39, 0.29) is 11.2 Å². The van der Waals surface area contributed by atoms with Crippen LogP contribution in [0.4, 0.5) is 0 Å². The highest BCUT2D eigenvalue weighted by atomic mass is 16.7. The first kappa shape index (κ1) is 12.5. The second kappa shape index (κ2) is 3.98. The van der Waals surface area contributed by atoms with Crippen molar-refractivity contribution >= 4 is 12.7 Å². The van der Waals surface area contributed by atoms with Gasteiger partial charge in [-0.05, 0) is 39.8 Å². The van der Waals surface area contributed by atoms with Gasteiger partial charge in [0, 0.05) is 12.3 Å². The largest absolute Gasteiger partial charge is 0.516 e. The van der Waals surface area contributed by atoms with E-state index in [4.69, 9.17) is 13.7 Å². The summed E-state index contributed by atoms with van der Waals surface area (Å²) in [6, 6.07) is 5.55. The van der Waals surface area contributed by atoms with Crippen LogP contribution < -0.4 is 5.59 Å². The summed E-state index contributed by atoms with van der Waals surface area (Å²) in [5.41, 5.74) is 0.0354. The van der Waals surface area contributed by atoms with Crippen LogP contribution in [-0.2, 0) is 9.31 Å². The van der Waals surface area contributed by atoms with E-state index in [9.17, 15) is 0 Å². The molecule has 3 heterocycles. The van der Waals surface area contributed by atoms with Crippen LogP contribution in [0.3, 0.4) is 0 Å². The maximum absolute atomic E-state index is 5.95. The van der Waals surface area contributed by atoms with Crippen LogP contribution in [0.25, 0.3) is 5.88 Å². The van der Waals surface area contributed by atoms with Crippen molar-refractivity contribution in [3.8, 4) is 5.88 Å². The molecule has 1 saturated heterocycles. The monoisotopic (exact) mass is 260 g/mol. The summed E-state index contributed by atoms with van der Waals surface area (Å²) in [6.07, 6.45) is 3.45. The van der Waals surface area contributed by atoms with E-state index >= 15 is 0 Å². The summed E-state index contributed by atoms with van der Waals surface area (Å²) in [7, 11) is -0.443. The molecule has 6 heteroatoms. The maximum Gasteiger partial charge on any atom is 0.516 e. The molecule has 1 fully saturated rings. The second-order valence-electron chi connectivity index (χ2n) is 5.72. The molecule has 100 valence electrons. The average Bonchev–Trinajstić information content (AvgIpc) is 3.00. The van der Waals surface area contributed by atoms with Crippen LogP contribution in [-0.4, -0.2) is 28.1 Å². The van der Waals surface area contributed by atoms with Crippen molar-refractivity contribution in [3.05, 3.63) is 30.7 Å². The van der Waals surface area contributed by atoms with Gasteiger partial charge < -0.3 is 13.7 Å². The molecule has 0 aliphatic carbocycles. The molecule has 0 atom stereocenters. The van der Waals surface area contributed by atoms with Gasteiger partial charge in [0.15, 0.2) is 0 Å². The standard InChI is InChI=1S/C13H17BN2O3/c1-12(2)13(3,4)19-14(18-12)10-7-8-16(15-10)11-6-5-9-17-11/h5-9H,1-4H3. The second-order valence-corrected chi connectivity index (χ2v) is 5.72. The molecule has 0 unspecified atom stereocenters. The summed E-state index contributed by atoms with van der Waals surface area (Å²) in [4.78, 5) is 0. The molecule has 0 saturated carbocycles. The zero-order chi connectivity index (χ0) is 13.7. The molecule has 0 aromatic carbocycles. The molecule has 0 radical (unpaired) electrons. The highest BCUT2D eigenvalue weighted by Crippen LogP contribution is 2.36. The van der Waals surface area contributed by atoms with Crippen molar-refractivity contribution in [2.45, 2.75) is 38.9 Å². The lowest BCUT2D eigenvalue weighted by atomic mass is 9.85. The molecule has 0 amide bonds. The number of hydrogen-bond acceptors (Lipinski definition) is 4. The molecule has 0 bridgehead atoms. The summed E-state index contributed by atoms with van der Waals surface area (Å²) in [5, 5.41) is 4.44. The Kier molecular flexibility index (Phi) is 2.62. The van der Waals surface area contributed by atoms with Gasteiger partial charge in [0.25, 0.3) is 0 Å². The van der Waals surface area contributed by atoms with Gasteiger partial charge in [-0.25, -0.2) is 4.68 Å². The summed E-state index contributed by atoms with van der Waals surface area (Å²) in [5.74, 6) is 0.669. The minimum Gasteiger partial charge on any atom is -0.447 e. The molecular weight excluding hydrogens is 243 g/mol. The van der Waals surface area contributed by atoms with E-state index in [1.807, 2.05) is 52.1 Å². The van der Waals surface area contributed by atoms with E-state index in [1.165, 1.54) is 0 Å². The Morgan fingerprint density at radius 3 is 2.37 bits per heavy atom. The van der Waals surface area contributed by atoms with Crippen LogP contribution in [0.1, 0.15) is 27.7 Å². The fraction of sp³-hybridized carbons (Fsp3) is 0.462. The number of furan rings is 1. The van der Waals surface area contributed by atoms with E-state index in [0.29, 0.717) is 5.88 Å². The number of hydrogen-bond donors (Lipinski definition) is 0. The van der Waals surface area contributed by atoms with Crippen LogP contribution in [0.5, 0.6) is 0 Å². The van der Waals surface area contributed by atoms with Gasteiger partial charge in [0.05, 0.1) is 23.1 Å². The van der Waals surface area contributed by atoms with Crippen LogP contribution >= 0.6 is 0 Å². The summed E-state index contributed by atoms with van der Waals surface area (Å²) < 4.78 is 18.9. The van der Waals surface area contributed by atoms with Gasteiger partial charge in [-0.3, -0.25) is 0 Å². The van der Waals surface area contributed by atoms with Crippen LogP contribution in [0.2, 0.25) is 0 Å². The fourth-order valence-electron chi connectivity index (χ4n) is 1.95. The smallest absolute Gasteiger partial charge is 0.447 e. The Morgan fingerprint density at radius 1 is 1.11 bits per heavy atom. The van der Waals surface area contributed by atoms with Gasteiger partial charge in [0.1, 0.15) is 0 Å². The molecule has 2 aromatic heterocycles. The van der Waals surface area contributed by atoms with Crippen molar-refractivity contribution in [3.63, 3.8) is 0 Å². The highest BCUT2D eigenvalue weighted by Gasteiger charge is 2.52. The Bertz CT molecular complexity index is 558. The Balaban J connectivity index is 1.85. The zero-order valence-corrected chi connectivity index (χ0v) is 11.6. The highest BCUT2D eigenvalue weighted by molar-refractivity contribution is 6.61. The quantitative estimate of drug-likeness (QED) is 0.772. The zero-order valence-electron chi connectivity index (χ0n) is 11.6. The molecule has 0 N–H and O–H groups in total. The van der Waals surface area contributed by atoms with E-state index in [2.05, 4.69) is 5.10 Å². The maximum atomic E-state index is 5.95. The van der Waals surface area contributed by atoms with Crippen LogP contribution in [0, 0.1) is 0 Å². The van der Waals surface area contributed by atoms with E-state index < -0.39 is 7.12 Å². The molecule has 0 spiro atoms. The number of nitrogens with zero attached hydrogens (tertiary/aromatic N) is 2. The van der Waals surface area contributed by atoms with E-state index in [1.54, 1.807) is 10.9 Å². The van der Waals surface area contributed by atoms with Gasteiger partial charge in [-0.15, -0.1) is 0 Å². The van der Waals surface area contributed by atoms with Crippen molar-refractivity contribution in [2.75, 3.05) is 0 Å². The van der Waals surface area contributed by atoms with Gasteiger partial charge in [-0.1, -0.05) is 0 Å². The fourth-order valence-corrected chi connectivity index (χ4v) is 1.95. The lowest BCUT2D eigenvalue weighted by Gasteiger charge is -2.32. The van der Waals surface area contributed by atoms with Gasteiger partial charge >= 0.3 is 7.12 Å². The SMILES string of the molecule is CC1(C)OB(c2ccn(-c3ccco3)n2)OC1(C)C. The first-order chi connectivity index (χ1) is 8.89. The normalized spacial score (nSPS) is 20.9. The Labute approximate surface area is 112 Å². The summed E-state index contributed by atoms with van der Waals surface area (Å²) >= 11 is 0. The minimum absolute atomic E-state index is 0.355.